The summed E-state index contributed by atoms with van der Waals surface area (Å²) in [7, 11) is 1.56. The number of methoxy groups -OCH3 is 1. The van der Waals surface area contributed by atoms with Gasteiger partial charge in [0.05, 0.1) is 13.2 Å². The van der Waals surface area contributed by atoms with Crippen molar-refractivity contribution in [1.29, 1.82) is 0 Å². The molecule has 98 valence electrons. The van der Waals surface area contributed by atoms with Crippen LogP contribution < -0.4 is 9.47 Å². The van der Waals surface area contributed by atoms with Gasteiger partial charge in [0.1, 0.15) is 0 Å². The van der Waals surface area contributed by atoms with Gasteiger partial charge in [-0.3, -0.25) is 0 Å². The molecule has 4 heteroatoms. The zero-order chi connectivity index (χ0) is 13.5. The Morgan fingerprint density at radius 3 is 2.78 bits per heavy atom. The van der Waals surface area contributed by atoms with Gasteiger partial charge in [0.15, 0.2) is 11.5 Å². The molecule has 0 amide bonds. The highest BCUT2D eigenvalue weighted by molar-refractivity contribution is 5.86. The van der Waals surface area contributed by atoms with E-state index in [0.717, 1.165) is 12.5 Å². The van der Waals surface area contributed by atoms with Gasteiger partial charge in [-0.15, -0.1) is 0 Å². The molecule has 0 radical (unpaired) electrons. The lowest BCUT2D eigenvalue weighted by atomic mass is 10.1. The highest BCUT2D eigenvalue weighted by Crippen LogP contribution is 2.33. The van der Waals surface area contributed by atoms with Gasteiger partial charge in [-0.05, 0) is 25.5 Å². The zero-order valence-corrected chi connectivity index (χ0v) is 10.8. The number of hydrogen-bond acceptors (Lipinski definition) is 3. The summed E-state index contributed by atoms with van der Waals surface area (Å²) >= 11 is 0. The van der Waals surface area contributed by atoms with Gasteiger partial charge in [-0.1, -0.05) is 19.1 Å². The standard InChI is InChI=1S/C14H18O4/c1-4-10(2)18-14-11(8-9-13(15)16)6-5-7-12(14)17-3/h5-10H,4H2,1-3H3,(H,15,16)/b9-8+. The van der Waals surface area contributed by atoms with E-state index >= 15 is 0 Å². The zero-order valence-electron chi connectivity index (χ0n) is 10.8. The maximum Gasteiger partial charge on any atom is 0.328 e. The van der Waals surface area contributed by atoms with Crippen LogP contribution in [0.25, 0.3) is 6.08 Å². The first kappa shape index (κ1) is 14.1. The monoisotopic (exact) mass is 250 g/mol. The fraction of sp³-hybridized carbons (Fsp3) is 0.357. The Hall–Kier alpha value is -1.97. The molecule has 0 heterocycles. The topological polar surface area (TPSA) is 55.8 Å². The van der Waals surface area contributed by atoms with E-state index in [9.17, 15) is 4.79 Å². The molecule has 0 spiro atoms. The first-order valence-electron chi connectivity index (χ1n) is 5.83. The molecule has 1 rings (SSSR count). The molecule has 0 saturated carbocycles. The lowest BCUT2D eigenvalue weighted by Gasteiger charge is -2.17. The Balaban J connectivity index is 3.11. The van der Waals surface area contributed by atoms with Crippen molar-refractivity contribution in [2.45, 2.75) is 26.4 Å². The number of rotatable bonds is 6. The van der Waals surface area contributed by atoms with Crippen LogP contribution in [0.2, 0.25) is 0 Å². The molecule has 0 aliphatic heterocycles. The quantitative estimate of drug-likeness (QED) is 0.788. The largest absolute Gasteiger partial charge is 0.493 e. The van der Waals surface area contributed by atoms with Gasteiger partial charge in [0, 0.05) is 11.6 Å². The Bertz CT molecular complexity index is 437. The van der Waals surface area contributed by atoms with E-state index in [4.69, 9.17) is 14.6 Å². The molecular formula is C14H18O4. The lowest BCUT2D eigenvalue weighted by molar-refractivity contribution is -0.131. The third kappa shape index (κ3) is 3.80. The number of benzene rings is 1. The Morgan fingerprint density at radius 2 is 2.22 bits per heavy atom. The number of ether oxygens (including phenoxy) is 2. The number of para-hydroxylation sites is 1. The minimum Gasteiger partial charge on any atom is -0.493 e. The molecule has 0 aliphatic rings. The van der Waals surface area contributed by atoms with Gasteiger partial charge in [0.2, 0.25) is 0 Å². The predicted octanol–water partition coefficient (Wildman–Crippen LogP) is 2.97. The van der Waals surface area contributed by atoms with Crippen molar-refractivity contribution in [3.05, 3.63) is 29.8 Å². The molecule has 1 aromatic rings. The molecule has 1 N–H and O–H groups in total. The van der Waals surface area contributed by atoms with Gasteiger partial charge >= 0.3 is 5.97 Å². The summed E-state index contributed by atoms with van der Waals surface area (Å²) in [5.74, 6) is 0.182. The van der Waals surface area contributed by atoms with Crippen LogP contribution in [0.3, 0.4) is 0 Å². The number of hydrogen-bond donors (Lipinski definition) is 1. The van der Waals surface area contributed by atoms with Crippen molar-refractivity contribution in [1.82, 2.24) is 0 Å². The highest BCUT2D eigenvalue weighted by atomic mass is 16.5. The maximum absolute atomic E-state index is 10.6. The molecule has 0 fully saturated rings. The third-order valence-corrected chi connectivity index (χ3v) is 2.53. The predicted molar refractivity (Wildman–Crippen MR) is 70.0 cm³/mol. The summed E-state index contributed by atoms with van der Waals surface area (Å²) in [5.41, 5.74) is 0.692. The SMILES string of the molecule is CCC(C)Oc1c(/C=C/C(=O)O)cccc1OC. The van der Waals surface area contributed by atoms with Crippen LogP contribution in [-0.2, 0) is 4.79 Å². The molecule has 0 bridgehead atoms. The van der Waals surface area contributed by atoms with E-state index in [0.29, 0.717) is 17.1 Å². The number of carboxylic acids is 1. The summed E-state index contributed by atoms with van der Waals surface area (Å²) in [6.07, 6.45) is 3.49. The molecule has 4 nitrogen and oxygen atoms in total. The van der Waals surface area contributed by atoms with Crippen molar-refractivity contribution in [3.63, 3.8) is 0 Å². The van der Waals surface area contributed by atoms with E-state index in [1.54, 1.807) is 25.3 Å². The molecule has 1 atom stereocenters. The average molecular weight is 250 g/mol. The molecule has 0 aliphatic carbocycles. The van der Waals surface area contributed by atoms with Crippen LogP contribution in [0.5, 0.6) is 11.5 Å². The molecule has 1 aromatic carbocycles. The molecular weight excluding hydrogens is 232 g/mol. The van der Waals surface area contributed by atoms with Crippen LogP contribution >= 0.6 is 0 Å². The molecule has 18 heavy (non-hydrogen) atoms. The van der Waals surface area contributed by atoms with E-state index in [-0.39, 0.29) is 6.10 Å². The van der Waals surface area contributed by atoms with Gasteiger partial charge in [-0.25, -0.2) is 4.79 Å². The number of carboxylic acid groups (broad SMARTS) is 1. The van der Waals surface area contributed by atoms with Crippen LogP contribution in [-0.4, -0.2) is 24.3 Å². The van der Waals surface area contributed by atoms with Gasteiger partial charge < -0.3 is 14.6 Å². The van der Waals surface area contributed by atoms with E-state index in [1.165, 1.54) is 6.08 Å². The second-order valence-electron chi connectivity index (χ2n) is 3.89. The lowest BCUT2D eigenvalue weighted by Crippen LogP contribution is -2.11. The summed E-state index contributed by atoms with van der Waals surface area (Å²) in [6, 6.07) is 5.37. The molecule has 1 unspecified atom stereocenters. The van der Waals surface area contributed by atoms with Crippen LogP contribution in [0.4, 0.5) is 0 Å². The Labute approximate surface area is 107 Å². The van der Waals surface area contributed by atoms with E-state index in [2.05, 4.69) is 0 Å². The van der Waals surface area contributed by atoms with E-state index in [1.807, 2.05) is 13.8 Å². The summed E-state index contributed by atoms with van der Waals surface area (Å²) < 4.78 is 11.0. The highest BCUT2D eigenvalue weighted by Gasteiger charge is 2.11. The fourth-order valence-electron chi connectivity index (χ4n) is 1.40. The average Bonchev–Trinajstić information content (AvgIpc) is 2.36. The second kappa shape index (κ2) is 6.69. The molecule has 0 aromatic heterocycles. The minimum absolute atomic E-state index is 0.0401. The first-order valence-corrected chi connectivity index (χ1v) is 5.83. The summed E-state index contributed by atoms with van der Waals surface area (Å²) in [4.78, 5) is 10.6. The molecule has 0 saturated heterocycles. The van der Waals surface area contributed by atoms with E-state index < -0.39 is 5.97 Å². The van der Waals surface area contributed by atoms with Crippen LogP contribution in [0.15, 0.2) is 24.3 Å². The van der Waals surface area contributed by atoms with Crippen LogP contribution in [0, 0.1) is 0 Å². The maximum atomic E-state index is 10.6. The van der Waals surface area contributed by atoms with Crippen molar-refractivity contribution < 1.29 is 19.4 Å². The van der Waals surface area contributed by atoms with Gasteiger partial charge in [0.25, 0.3) is 0 Å². The summed E-state index contributed by atoms with van der Waals surface area (Å²) in [6.45, 7) is 3.98. The van der Waals surface area contributed by atoms with Crippen molar-refractivity contribution in [2.24, 2.45) is 0 Å². The smallest absolute Gasteiger partial charge is 0.328 e. The Morgan fingerprint density at radius 1 is 1.50 bits per heavy atom. The van der Waals surface area contributed by atoms with Gasteiger partial charge in [-0.2, -0.15) is 0 Å². The summed E-state index contributed by atoms with van der Waals surface area (Å²) in [5, 5.41) is 8.66. The third-order valence-electron chi connectivity index (χ3n) is 2.53. The Kier molecular flexibility index (Phi) is 5.24. The second-order valence-corrected chi connectivity index (χ2v) is 3.89. The first-order chi connectivity index (χ1) is 8.58. The number of carbonyl (C=O) groups is 1. The minimum atomic E-state index is -0.993. The van der Waals surface area contributed by atoms with Crippen molar-refractivity contribution in [3.8, 4) is 11.5 Å². The normalized spacial score (nSPS) is 12.4. The van der Waals surface area contributed by atoms with Crippen molar-refractivity contribution >= 4 is 12.0 Å². The fourth-order valence-corrected chi connectivity index (χ4v) is 1.40. The van der Waals surface area contributed by atoms with Crippen LogP contribution in [0.1, 0.15) is 25.8 Å². The van der Waals surface area contributed by atoms with Crippen molar-refractivity contribution in [2.75, 3.05) is 7.11 Å². The number of aliphatic carboxylic acids is 1.